The van der Waals surface area contributed by atoms with Gasteiger partial charge in [0.25, 0.3) is 0 Å². The maximum Gasteiger partial charge on any atom is 0.122 e. The number of hydrogen-bond acceptors (Lipinski definition) is 2. The number of rotatable bonds is 4. The fourth-order valence-corrected chi connectivity index (χ4v) is 5.88. The number of hydrogen-bond donors (Lipinski definition) is 1. The number of ether oxygens (including phenoxy) is 1. The van der Waals surface area contributed by atoms with Crippen LogP contribution in [0.25, 0.3) is 0 Å². The van der Waals surface area contributed by atoms with Gasteiger partial charge in [0.05, 0.1) is 13.2 Å². The molecule has 4 aliphatic rings. The third-order valence-electron chi connectivity index (χ3n) is 6.40. The Morgan fingerprint density at radius 2 is 1.67 bits per heavy atom. The van der Waals surface area contributed by atoms with Crippen molar-refractivity contribution in [1.29, 1.82) is 0 Å². The van der Waals surface area contributed by atoms with Crippen LogP contribution in [0.5, 0.6) is 5.75 Å². The Morgan fingerprint density at radius 1 is 1.10 bits per heavy atom. The number of methoxy groups -OCH3 is 1. The molecule has 21 heavy (non-hydrogen) atoms. The van der Waals surface area contributed by atoms with E-state index in [-0.39, 0.29) is 11.5 Å². The normalized spacial score (nSPS) is 38.5. The highest BCUT2D eigenvalue weighted by Crippen LogP contribution is 2.61. The van der Waals surface area contributed by atoms with Gasteiger partial charge >= 0.3 is 0 Å². The molecule has 0 spiro atoms. The van der Waals surface area contributed by atoms with Crippen molar-refractivity contribution < 1.29 is 9.84 Å². The molecule has 114 valence electrons. The van der Waals surface area contributed by atoms with Gasteiger partial charge in [-0.1, -0.05) is 18.2 Å². The Labute approximate surface area is 127 Å². The van der Waals surface area contributed by atoms with E-state index < -0.39 is 0 Å². The van der Waals surface area contributed by atoms with E-state index >= 15 is 0 Å². The Bertz CT molecular complexity index is 487. The summed E-state index contributed by atoms with van der Waals surface area (Å²) >= 11 is 0. The van der Waals surface area contributed by atoms with E-state index in [0.717, 1.165) is 35.5 Å². The molecule has 1 atom stereocenters. The minimum atomic E-state index is -0.206. The van der Waals surface area contributed by atoms with Crippen molar-refractivity contribution in [3.05, 3.63) is 29.8 Å². The quantitative estimate of drug-likeness (QED) is 0.912. The van der Waals surface area contributed by atoms with Crippen molar-refractivity contribution in [3.8, 4) is 5.75 Å². The number of benzene rings is 1. The van der Waals surface area contributed by atoms with Gasteiger partial charge < -0.3 is 9.84 Å². The highest BCUT2D eigenvalue weighted by atomic mass is 16.5. The van der Waals surface area contributed by atoms with Gasteiger partial charge in [-0.3, -0.25) is 0 Å². The third kappa shape index (κ3) is 2.28. The average molecular weight is 286 g/mol. The fourth-order valence-electron chi connectivity index (χ4n) is 5.88. The smallest absolute Gasteiger partial charge is 0.122 e. The molecule has 0 radical (unpaired) electrons. The summed E-state index contributed by atoms with van der Waals surface area (Å²) < 4.78 is 5.45. The van der Waals surface area contributed by atoms with Crippen molar-refractivity contribution in [2.75, 3.05) is 7.11 Å². The molecule has 1 aromatic carbocycles. The van der Waals surface area contributed by atoms with Crippen LogP contribution in [-0.2, 0) is 6.42 Å². The van der Waals surface area contributed by atoms with E-state index in [1.54, 1.807) is 7.11 Å². The molecule has 0 saturated heterocycles. The average Bonchev–Trinajstić information content (AvgIpc) is 2.46. The first-order valence-corrected chi connectivity index (χ1v) is 8.48. The van der Waals surface area contributed by atoms with Crippen LogP contribution in [-0.4, -0.2) is 18.3 Å². The molecule has 1 N–H and O–H groups in total. The number of aliphatic hydroxyl groups is 1. The Kier molecular flexibility index (Phi) is 3.25. The molecule has 0 amide bonds. The van der Waals surface area contributed by atoms with Gasteiger partial charge in [0, 0.05) is 6.42 Å². The number of aliphatic hydroxyl groups excluding tert-OH is 1. The van der Waals surface area contributed by atoms with Crippen LogP contribution >= 0.6 is 0 Å². The maximum absolute atomic E-state index is 11.0. The monoisotopic (exact) mass is 286 g/mol. The topological polar surface area (TPSA) is 29.5 Å². The first kappa shape index (κ1) is 13.6. The molecule has 5 rings (SSSR count). The summed E-state index contributed by atoms with van der Waals surface area (Å²) in [5.74, 6) is 3.59. The molecule has 0 aromatic heterocycles. The maximum atomic E-state index is 11.0. The summed E-state index contributed by atoms with van der Waals surface area (Å²) in [5.41, 5.74) is 1.36. The second kappa shape index (κ2) is 5.01. The highest BCUT2D eigenvalue weighted by molar-refractivity contribution is 5.34. The van der Waals surface area contributed by atoms with E-state index in [2.05, 4.69) is 6.07 Å². The lowest BCUT2D eigenvalue weighted by Crippen LogP contribution is -2.52. The zero-order chi connectivity index (χ0) is 14.4. The SMILES string of the molecule is COc1ccccc1CC(O)C12CC3CC(CC(C3)C1)C2. The minimum Gasteiger partial charge on any atom is -0.496 e. The molecule has 4 bridgehead atoms. The predicted molar refractivity (Wildman–Crippen MR) is 83.3 cm³/mol. The first-order chi connectivity index (χ1) is 10.2. The van der Waals surface area contributed by atoms with Gasteiger partial charge in [-0.15, -0.1) is 0 Å². The zero-order valence-electron chi connectivity index (χ0n) is 12.9. The van der Waals surface area contributed by atoms with Crippen LogP contribution in [0.4, 0.5) is 0 Å². The fraction of sp³-hybridized carbons (Fsp3) is 0.684. The van der Waals surface area contributed by atoms with Gasteiger partial charge in [-0.05, 0) is 73.3 Å². The van der Waals surface area contributed by atoms with Crippen molar-refractivity contribution >= 4 is 0 Å². The Balaban J connectivity index is 1.56. The minimum absolute atomic E-state index is 0.204. The van der Waals surface area contributed by atoms with Gasteiger partial charge in [-0.2, -0.15) is 0 Å². The first-order valence-electron chi connectivity index (χ1n) is 8.48. The zero-order valence-corrected chi connectivity index (χ0v) is 12.9. The van der Waals surface area contributed by atoms with Gasteiger partial charge in [0.1, 0.15) is 5.75 Å². The summed E-state index contributed by atoms with van der Waals surface area (Å²) in [6, 6.07) is 8.15. The summed E-state index contributed by atoms with van der Waals surface area (Å²) in [6.45, 7) is 0. The molecule has 1 unspecified atom stereocenters. The van der Waals surface area contributed by atoms with E-state index in [1.165, 1.54) is 38.5 Å². The molecular formula is C19H26O2. The highest BCUT2D eigenvalue weighted by Gasteiger charge is 2.53. The van der Waals surface area contributed by atoms with Crippen molar-refractivity contribution in [1.82, 2.24) is 0 Å². The molecule has 2 nitrogen and oxygen atoms in total. The van der Waals surface area contributed by atoms with Crippen molar-refractivity contribution in [3.63, 3.8) is 0 Å². The number of para-hydroxylation sites is 1. The molecule has 2 heteroatoms. The second-order valence-corrected chi connectivity index (χ2v) is 7.81. The summed E-state index contributed by atoms with van der Waals surface area (Å²) in [4.78, 5) is 0. The molecule has 4 fully saturated rings. The lowest BCUT2D eigenvalue weighted by molar-refractivity contribution is -0.119. The molecule has 0 heterocycles. The Morgan fingerprint density at radius 3 is 2.24 bits per heavy atom. The van der Waals surface area contributed by atoms with Gasteiger partial charge in [0.15, 0.2) is 0 Å². The standard InChI is InChI=1S/C19H26O2/c1-21-17-5-3-2-4-16(17)9-18(20)19-10-13-6-14(11-19)8-15(7-13)12-19/h2-5,13-15,18,20H,6-12H2,1H3. The van der Waals surface area contributed by atoms with E-state index in [9.17, 15) is 5.11 Å². The molecule has 0 aliphatic heterocycles. The van der Waals surface area contributed by atoms with Gasteiger partial charge in [0.2, 0.25) is 0 Å². The summed E-state index contributed by atoms with van der Waals surface area (Å²) in [6.07, 6.45) is 8.61. The third-order valence-corrected chi connectivity index (χ3v) is 6.40. The molecular weight excluding hydrogens is 260 g/mol. The summed E-state index contributed by atoms with van der Waals surface area (Å²) in [7, 11) is 1.72. The molecule has 4 saturated carbocycles. The van der Waals surface area contributed by atoms with Gasteiger partial charge in [-0.25, -0.2) is 0 Å². The lowest BCUT2D eigenvalue weighted by atomic mass is 9.48. The van der Waals surface area contributed by atoms with Crippen LogP contribution in [0.3, 0.4) is 0 Å². The molecule has 1 aromatic rings. The summed E-state index contributed by atoms with van der Waals surface area (Å²) in [5, 5.41) is 11.0. The largest absolute Gasteiger partial charge is 0.496 e. The van der Waals surface area contributed by atoms with Crippen LogP contribution < -0.4 is 4.74 Å². The Hall–Kier alpha value is -1.02. The van der Waals surface area contributed by atoms with Crippen molar-refractivity contribution in [2.45, 2.75) is 51.0 Å². The van der Waals surface area contributed by atoms with E-state index in [1.807, 2.05) is 18.2 Å². The van der Waals surface area contributed by atoms with Crippen LogP contribution in [0, 0.1) is 23.2 Å². The van der Waals surface area contributed by atoms with Crippen LogP contribution in [0.15, 0.2) is 24.3 Å². The predicted octanol–water partition coefficient (Wildman–Crippen LogP) is 3.82. The van der Waals surface area contributed by atoms with Crippen LogP contribution in [0.2, 0.25) is 0 Å². The van der Waals surface area contributed by atoms with Crippen LogP contribution in [0.1, 0.15) is 44.1 Å². The van der Waals surface area contributed by atoms with E-state index in [4.69, 9.17) is 4.74 Å². The molecule has 4 aliphatic carbocycles. The van der Waals surface area contributed by atoms with E-state index in [0.29, 0.717) is 0 Å². The second-order valence-electron chi connectivity index (χ2n) is 7.81. The van der Waals surface area contributed by atoms with Crippen molar-refractivity contribution in [2.24, 2.45) is 23.2 Å². The lowest BCUT2D eigenvalue weighted by Gasteiger charge is -2.58.